The Bertz CT molecular complexity index is 7.61. The quantitative estimate of drug-likeness (QED) is 0.291. The SMILES string of the molecule is N.[H-].[NH2-].[Na+].[Na+]. The predicted octanol–water partition coefficient (Wildman–Crippen LogP) is -5.00. The second-order valence-electron chi connectivity index (χ2n) is 0. The number of nitrogens with two attached hydrogens (primary N) is 1. The molecule has 5 N–H and O–H groups in total. The van der Waals surface area contributed by atoms with Crippen molar-refractivity contribution >= 4 is 0 Å². The van der Waals surface area contributed by atoms with Crippen LogP contribution in [-0.2, 0) is 0 Å². The Kier molecular flexibility index (Phi) is 199. The van der Waals surface area contributed by atoms with Crippen molar-refractivity contribution in [3.8, 4) is 0 Å². The second kappa shape index (κ2) is 20.5. The van der Waals surface area contributed by atoms with Crippen molar-refractivity contribution in [2.75, 3.05) is 0 Å². The zero-order valence-electron chi connectivity index (χ0n) is 4.28. The zero-order valence-corrected chi connectivity index (χ0v) is 7.28. The van der Waals surface area contributed by atoms with Crippen molar-refractivity contribution in [2.24, 2.45) is 0 Å². The molecule has 0 rings (SSSR count). The summed E-state index contributed by atoms with van der Waals surface area (Å²) in [6, 6.07) is 0. The van der Waals surface area contributed by atoms with Gasteiger partial charge in [0.2, 0.25) is 0 Å². The molecule has 18 valence electrons. The van der Waals surface area contributed by atoms with Crippen LogP contribution in [0.5, 0.6) is 0 Å². The monoisotopic (exact) mass is 80.0 g/mol. The van der Waals surface area contributed by atoms with Gasteiger partial charge in [0.1, 0.15) is 0 Å². The van der Waals surface area contributed by atoms with Crippen LogP contribution in [-0.4, -0.2) is 0 Å². The summed E-state index contributed by atoms with van der Waals surface area (Å²) < 4.78 is 0. The van der Waals surface area contributed by atoms with Crippen molar-refractivity contribution in [2.45, 2.75) is 0 Å². The van der Waals surface area contributed by atoms with E-state index in [1.54, 1.807) is 0 Å². The van der Waals surface area contributed by atoms with E-state index in [1.807, 2.05) is 0 Å². The van der Waals surface area contributed by atoms with Crippen molar-refractivity contribution in [1.29, 1.82) is 0 Å². The van der Waals surface area contributed by atoms with Crippen molar-refractivity contribution < 1.29 is 60.5 Å². The summed E-state index contributed by atoms with van der Waals surface area (Å²) in [6.45, 7) is 0. The molecule has 2 nitrogen and oxygen atoms in total. The molecule has 0 amide bonds. The summed E-state index contributed by atoms with van der Waals surface area (Å²) in [5.41, 5.74) is 0. The normalized spacial score (nSPS) is 0. The van der Waals surface area contributed by atoms with E-state index in [0.717, 1.165) is 0 Å². The minimum atomic E-state index is 0. The van der Waals surface area contributed by atoms with Crippen LogP contribution < -0.4 is 65.3 Å². The second-order valence-corrected chi connectivity index (χ2v) is 0. The fourth-order valence-corrected chi connectivity index (χ4v) is 0. The average Bonchev–Trinajstić information content (AvgIpc) is 0. The van der Waals surface area contributed by atoms with Gasteiger partial charge in [-0.1, -0.05) is 0 Å². The molecular formula is H6N2Na2. The van der Waals surface area contributed by atoms with Crippen LogP contribution in [0, 0.1) is 0 Å². The molecule has 0 aliphatic rings. The molecule has 0 aromatic heterocycles. The fraction of sp³-hybridized carbons (Fsp3) is 0. The van der Waals surface area contributed by atoms with Gasteiger partial charge < -0.3 is 13.7 Å². The van der Waals surface area contributed by atoms with E-state index in [2.05, 4.69) is 0 Å². The molecule has 0 aliphatic carbocycles. The van der Waals surface area contributed by atoms with E-state index >= 15 is 0 Å². The van der Waals surface area contributed by atoms with E-state index in [9.17, 15) is 0 Å². The molecule has 0 saturated heterocycles. The Balaban J connectivity index is 0. The van der Waals surface area contributed by atoms with Gasteiger partial charge in [-0.3, -0.25) is 0 Å². The van der Waals surface area contributed by atoms with Crippen LogP contribution in [0.15, 0.2) is 0 Å². The summed E-state index contributed by atoms with van der Waals surface area (Å²) in [6.07, 6.45) is 0. The molecule has 0 heterocycles. The molecule has 0 spiro atoms. The Hall–Kier alpha value is 1.92. The molecule has 0 bridgehead atoms. The van der Waals surface area contributed by atoms with E-state index in [0.29, 0.717) is 0 Å². The first-order chi connectivity index (χ1) is 0. The maximum Gasteiger partial charge on any atom is 1.00 e. The molecule has 0 radical (unpaired) electrons. The number of hydrogen-bond donors (Lipinski definition) is 1. The Morgan fingerprint density at radius 2 is 1.00 bits per heavy atom. The molecular weight excluding hydrogens is 74.0 g/mol. The van der Waals surface area contributed by atoms with Gasteiger partial charge in [-0.25, -0.2) is 0 Å². The van der Waals surface area contributed by atoms with Gasteiger partial charge in [-0.05, 0) is 0 Å². The first kappa shape index (κ1) is 38.9. The minimum Gasteiger partial charge on any atom is -1.00 e. The van der Waals surface area contributed by atoms with Gasteiger partial charge in [0.25, 0.3) is 0 Å². The molecule has 0 aliphatic heterocycles. The van der Waals surface area contributed by atoms with Gasteiger partial charge in [0, 0.05) is 0 Å². The smallest absolute Gasteiger partial charge is 1.00 e. The summed E-state index contributed by atoms with van der Waals surface area (Å²) in [5.74, 6) is 0. The average molecular weight is 80.0 g/mol. The molecule has 0 saturated carbocycles. The Morgan fingerprint density at radius 3 is 1.00 bits per heavy atom. The first-order valence-electron chi connectivity index (χ1n) is 0. The summed E-state index contributed by atoms with van der Waals surface area (Å²) >= 11 is 0. The van der Waals surface area contributed by atoms with E-state index < -0.39 is 0 Å². The largest absolute Gasteiger partial charge is 1.00 e. The van der Waals surface area contributed by atoms with E-state index in [-0.39, 0.29) is 72.8 Å². The van der Waals surface area contributed by atoms with Gasteiger partial charge in [-0.15, -0.1) is 0 Å². The van der Waals surface area contributed by atoms with Gasteiger partial charge in [0.15, 0.2) is 0 Å². The maximum absolute atomic E-state index is 0. The molecule has 0 aromatic carbocycles. The minimum absolute atomic E-state index is 0. The maximum atomic E-state index is 0. The summed E-state index contributed by atoms with van der Waals surface area (Å²) in [4.78, 5) is 0. The third kappa shape index (κ3) is 9.07. The molecule has 4 heavy (non-hydrogen) atoms. The van der Waals surface area contributed by atoms with Crippen molar-refractivity contribution in [3.05, 3.63) is 6.15 Å². The topological polar surface area (TPSA) is 68.5 Å². The zero-order chi connectivity index (χ0) is 0. The van der Waals surface area contributed by atoms with Crippen molar-refractivity contribution in [3.63, 3.8) is 0 Å². The van der Waals surface area contributed by atoms with Gasteiger partial charge in [-0.2, -0.15) is 0 Å². The van der Waals surface area contributed by atoms with Crippen LogP contribution in [0.4, 0.5) is 0 Å². The molecule has 0 fully saturated rings. The van der Waals surface area contributed by atoms with Crippen LogP contribution in [0.2, 0.25) is 0 Å². The molecule has 0 atom stereocenters. The molecule has 4 heteroatoms. The van der Waals surface area contributed by atoms with Crippen LogP contribution in [0.3, 0.4) is 0 Å². The van der Waals surface area contributed by atoms with Crippen LogP contribution >= 0.6 is 0 Å². The van der Waals surface area contributed by atoms with E-state index in [1.165, 1.54) is 0 Å². The first-order valence-corrected chi connectivity index (χ1v) is 0. The third-order valence-corrected chi connectivity index (χ3v) is 0. The summed E-state index contributed by atoms with van der Waals surface area (Å²) in [7, 11) is 0. The van der Waals surface area contributed by atoms with Crippen LogP contribution in [0.25, 0.3) is 6.15 Å². The van der Waals surface area contributed by atoms with Gasteiger partial charge in [0.05, 0.1) is 0 Å². The number of hydrogen-bond acceptors (Lipinski definition) is 1. The standard InChI is InChI=1S/H3N.H2N.2Na.H/h1H3;1H2;;;/q;-1;2*+1;-1. The Labute approximate surface area is 72.0 Å². The summed E-state index contributed by atoms with van der Waals surface area (Å²) in [5, 5.41) is 0. The van der Waals surface area contributed by atoms with Gasteiger partial charge >= 0.3 is 59.1 Å². The van der Waals surface area contributed by atoms with Crippen molar-refractivity contribution in [1.82, 2.24) is 6.15 Å². The molecule has 0 aromatic rings. The van der Waals surface area contributed by atoms with Crippen LogP contribution in [0.1, 0.15) is 1.43 Å². The number of rotatable bonds is 0. The molecule has 0 unspecified atom stereocenters. The third-order valence-electron chi connectivity index (χ3n) is 0. The van der Waals surface area contributed by atoms with E-state index in [4.69, 9.17) is 0 Å². The Morgan fingerprint density at radius 1 is 1.00 bits per heavy atom. The predicted molar refractivity (Wildman–Crippen MR) is 11.4 cm³/mol. The fourth-order valence-electron chi connectivity index (χ4n) is 0.